The summed E-state index contributed by atoms with van der Waals surface area (Å²) in [7, 11) is -4.64. The maximum Gasteiger partial charge on any atom is 0 e. The normalized spacial score (nSPS) is 8.43. The van der Waals surface area contributed by atoms with E-state index >= 15 is 0 Å². The summed E-state index contributed by atoms with van der Waals surface area (Å²) in [5.41, 5.74) is 0. The van der Waals surface area contributed by atoms with Crippen molar-refractivity contribution in [1.29, 1.82) is 0 Å². The summed E-state index contributed by atoms with van der Waals surface area (Å²) in [6, 6.07) is 0. The van der Waals surface area contributed by atoms with Crippen molar-refractivity contribution in [2.75, 3.05) is 0 Å². The molecular formula is H5O4PSrY. The molecule has 0 fully saturated rings. The van der Waals surface area contributed by atoms with E-state index < -0.39 is 7.82 Å². The number of hydrogen-bond donors (Lipinski definition) is 3. The Morgan fingerprint density at radius 3 is 1.14 bits per heavy atom. The van der Waals surface area contributed by atoms with E-state index in [-0.39, 0.29) is 78.2 Å². The van der Waals surface area contributed by atoms with Crippen LogP contribution in [0.4, 0.5) is 0 Å². The number of rotatable bonds is 0. The molecule has 0 saturated heterocycles. The van der Waals surface area contributed by atoms with E-state index in [4.69, 9.17) is 19.2 Å². The molecule has 0 aromatic carbocycles. The average molecular weight is 277 g/mol. The topological polar surface area (TPSA) is 77.8 Å². The Morgan fingerprint density at radius 2 is 1.14 bits per heavy atom. The Morgan fingerprint density at radius 1 is 1.14 bits per heavy atom. The van der Waals surface area contributed by atoms with Gasteiger partial charge >= 0.3 is 53.3 Å². The largest absolute Gasteiger partial charge is 0 e. The second kappa shape index (κ2) is 6.81. The quantitative estimate of drug-likeness (QED) is 0.359. The predicted molar refractivity (Wildman–Crippen MR) is 22.8 cm³/mol. The molecule has 0 unspecified atom stereocenters. The minimum absolute atomic E-state index is 0. The first-order chi connectivity index (χ1) is 2.00. The molecule has 0 amide bonds. The minimum atomic E-state index is -4.64. The van der Waals surface area contributed by atoms with Gasteiger partial charge in [0, 0.05) is 32.7 Å². The van der Waals surface area contributed by atoms with E-state index in [9.17, 15) is 0 Å². The third-order valence-corrected chi connectivity index (χ3v) is 0. The summed E-state index contributed by atoms with van der Waals surface area (Å²) < 4.78 is 8.88. The summed E-state index contributed by atoms with van der Waals surface area (Å²) in [4.78, 5) is 21.6. The molecule has 3 N–H and O–H groups in total. The Hall–Kier alpha value is 2.69. The van der Waals surface area contributed by atoms with E-state index in [1.54, 1.807) is 0 Å². The van der Waals surface area contributed by atoms with E-state index in [1.807, 2.05) is 0 Å². The molecule has 0 aliphatic rings. The average Bonchev–Trinajstić information content (AvgIpc) is 0.722. The van der Waals surface area contributed by atoms with Crippen molar-refractivity contribution in [2.24, 2.45) is 0 Å². The smallest absolute Gasteiger partial charge is 0 e. The fraction of sp³-hybridized carbons (Fsp3) is 0. The molecule has 0 heterocycles. The van der Waals surface area contributed by atoms with Gasteiger partial charge in [0.2, 0.25) is 0 Å². The Bertz CT molecular complexity index is 57.8. The van der Waals surface area contributed by atoms with Crippen LogP contribution in [0, 0.1) is 0 Å². The van der Waals surface area contributed by atoms with Crippen molar-refractivity contribution in [3.05, 3.63) is 0 Å². The van der Waals surface area contributed by atoms with Crippen LogP contribution in [-0.4, -0.2) is 60.2 Å². The molecular weight excluding hydrogens is 271 g/mol. The molecule has 0 atom stereocenters. The van der Waals surface area contributed by atoms with Crippen LogP contribution in [0.25, 0.3) is 0 Å². The summed E-state index contributed by atoms with van der Waals surface area (Å²) in [5.74, 6) is 0. The van der Waals surface area contributed by atoms with Gasteiger partial charge in [-0.2, -0.15) is 0 Å². The molecule has 4 nitrogen and oxygen atoms in total. The molecule has 1 radical (unpaired) electrons. The maximum absolute atomic E-state index is 8.88. The number of phosphoric acid groups is 1. The van der Waals surface area contributed by atoms with E-state index in [0.717, 1.165) is 0 Å². The van der Waals surface area contributed by atoms with Crippen molar-refractivity contribution >= 4 is 53.3 Å². The van der Waals surface area contributed by atoms with Gasteiger partial charge in [0.1, 0.15) is 0 Å². The molecule has 7 heteroatoms. The molecule has 39 valence electrons. The number of hydrogen-bond acceptors (Lipinski definition) is 1. The van der Waals surface area contributed by atoms with Crippen molar-refractivity contribution < 1.29 is 52.0 Å². The molecule has 7 heavy (non-hydrogen) atoms. The third kappa shape index (κ3) is 53.7. The van der Waals surface area contributed by atoms with E-state index in [2.05, 4.69) is 0 Å². The van der Waals surface area contributed by atoms with Crippen molar-refractivity contribution in [3.63, 3.8) is 0 Å². The summed E-state index contributed by atoms with van der Waals surface area (Å²) in [5, 5.41) is 0. The van der Waals surface area contributed by atoms with Crippen LogP contribution in [0.2, 0.25) is 0 Å². The zero-order chi connectivity index (χ0) is 4.50. The molecule has 0 bridgehead atoms. The van der Waals surface area contributed by atoms with Gasteiger partial charge in [-0.1, -0.05) is 0 Å². The van der Waals surface area contributed by atoms with Gasteiger partial charge in [-0.3, -0.25) is 0 Å². The molecule has 0 rings (SSSR count). The minimum Gasteiger partial charge on any atom is 0 e. The van der Waals surface area contributed by atoms with E-state index in [0.29, 0.717) is 0 Å². The zero-order valence-corrected chi connectivity index (χ0v) is 6.51. The van der Waals surface area contributed by atoms with Gasteiger partial charge in [-0.25, -0.2) is 4.57 Å². The van der Waals surface area contributed by atoms with Gasteiger partial charge in [0.05, 0.1) is 0 Å². The van der Waals surface area contributed by atoms with Gasteiger partial charge < -0.3 is 14.7 Å². The van der Waals surface area contributed by atoms with Crippen LogP contribution in [-0.2, 0) is 37.3 Å². The molecule has 0 aliphatic heterocycles. The van der Waals surface area contributed by atoms with Gasteiger partial charge in [-0.15, -0.1) is 0 Å². The second-order valence-electron chi connectivity index (χ2n) is 0.513. The Kier molecular flexibility index (Phi) is 15.9. The van der Waals surface area contributed by atoms with Gasteiger partial charge in [0.25, 0.3) is 0 Å². The van der Waals surface area contributed by atoms with Crippen LogP contribution in [0.5, 0.6) is 0 Å². The zero-order valence-electron chi connectivity index (χ0n) is 2.77. The third-order valence-electron chi connectivity index (χ3n) is 0. The maximum atomic E-state index is 8.88. The first kappa shape index (κ1) is 16.4. The first-order valence-electron chi connectivity index (χ1n) is 0.783. The van der Waals surface area contributed by atoms with Crippen LogP contribution in [0.3, 0.4) is 0 Å². The second-order valence-corrected chi connectivity index (χ2v) is 1.54. The first-order valence-corrected chi connectivity index (χ1v) is 2.35. The molecule has 0 aromatic heterocycles. The summed E-state index contributed by atoms with van der Waals surface area (Å²) >= 11 is 0. The van der Waals surface area contributed by atoms with Crippen LogP contribution in [0.15, 0.2) is 0 Å². The molecule has 0 aliphatic carbocycles. The molecule has 0 saturated carbocycles. The Balaban J connectivity index is -0.0000000800. The van der Waals surface area contributed by atoms with Crippen LogP contribution in [0.1, 0.15) is 0 Å². The monoisotopic (exact) mass is 277 g/mol. The fourth-order valence-electron chi connectivity index (χ4n) is 0. The molecule has 0 spiro atoms. The summed E-state index contributed by atoms with van der Waals surface area (Å²) in [6.45, 7) is 0. The van der Waals surface area contributed by atoms with Crippen molar-refractivity contribution in [3.8, 4) is 0 Å². The van der Waals surface area contributed by atoms with Gasteiger partial charge in [0.15, 0.2) is 0 Å². The SMILES string of the molecule is O=P(O)(O)O.[SrH2].[Y]. The fourth-order valence-corrected chi connectivity index (χ4v) is 0. The van der Waals surface area contributed by atoms with E-state index in [1.165, 1.54) is 0 Å². The summed E-state index contributed by atoms with van der Waals surface area (Å²) in [6.07, 6.45) is 0. The predicted octanol–water partition coefficient (Wildman–Crippen LogP) is -1.85. The van der Waals surface area contributed by atoms with Gasteiger partial charge in [-0.05, 0) is 0 Å². The standard InChI is InChI=1S/H3O4P.Sr.Y.2H/c1-5(2,3)4;;;;/h(H3,1,2,3,4);;;;. The van der Waals surface area contributed by atoms with Crippen molar-refractivity contribution in [2.45, 2.75) is 0 Å². The van der Waals surface area contributed by atoms with Crippen LogP contribution >= 0.6 is 7.82 Å². The van der Waals surface area contributed by atoms with Crippen LogP contribution < -0.4 is 0 Å². The Labute approximate surface area is 103 Å². The molecule has 0 aromatic rings. The van der Waals surface area contributed by atoms with Crippen molar-refractivity contribution in [1.82, 2.24) is 0 Å².